The summed E-state index contributed by atoms with van der Waals surface area (Å²) < 4.78 is 10.4. The first kappa shape index (κ1) is 10.7. The SMILES string of the molecule is O=C(c1ccco1)N1CCOCC1CBr. The van der Waals surface area contributed by atoms with Gasteiger partial charge in [-0.2, -0.15) is 0 Å². The number of alkyl halides is 1. The van der Waals surface area contributed by atoms with Gasteiger partial charge in [-0.05, 0) is 12.1 Å². The van der Waals surface area contributed by atoms with Crippen molar-refractivity contribution in [1.82, 2.24) is 4.90 Å². The van der Waals surface area contributed by atoms with Gasteiger partial charge >= 0.3 is 0 Å². The molecule has 0 aromatic carbocycles. The molecule has 2 rings (SSSR count). The van der Waals surface area contributed by atoms with Gasteiger partial charge in [-0.25, -0.2) is 0 Å². The van der Waals surface area contributed by atoms with E-state index in [4.69, 9.17) is 9.15 Å². The molecular formula is C10H12BrNO3. The Bertz CT molecular complexity index is 325. The van der Waals surface area contributed by atoms with Crippen molar-refractivity contribution in [2.24, 2.45) is 0 Å². The fourth-order valence-electron chi connectivity index (χ4n) is 1.59. The molecule has 1 aromatic heterocycles. The topological polar surface area (TPSA) is 42.7 Å². The number of morpholine rings is 1. The van der Waals surface area contributed by atoms with E-state index in [0.29, 0.717) is 25.5 Å². The van der Waals surface area contributed by atoms with Crippen LogP contribution in [0, 0.1) is 0 Å². The van der Waals surface area contributed by atoms with Gasteiger partial charge in [0.25, 0.3) is 5.91 Å². The predicted molar refractivity (Wildman–Crippen MR) is 58.1 cm³/mol. The minimum Gasteiger partial charge on any atom is -0.459 e. The Kier molecular flexibility index (Phi) is 3.43. The summed E-state index contributed by atoms with van der Waals surface area (Å²) in [6.45, 7) is 1.80. The second kappa shape index (κ2) is 4.81. The van der Waals surface area contributed by atoms with Crippen LogP contribution in [0.3, 0.4) is 0 Å². The molecule has 1 saturated heterocycles. The van der Waals surface area contributed by atoms with E-state index in [1.165, 1.54) is 6.26 Å². The molecule has 0 saturated carbocycles. The molecule has 4 nitrogen and oxygen atoms in total. The number of furan rings is 1. The van der Waals surface area contributed by atoms with Crippen LogP contribution in [0.15, 0.2) is 22.8 Å². The average Bonchev–Trinajstić information content (AvgIpc) is 2.81. The number of hydrogen-bond acceptors (Lipinski definition) is 3. The maximum atomic E-state index is 12.0. The highest BCUT2D eigenvalue weighted by atomic mass is 79.9. The summed E-state index contributed by atoms with van der Waals surface area (Å²) in [6, 6.07) is 3.50. The largest absolute Gasteiger partial charge is 0.459 e. The number of carbonyl (C=O) groups excluding carboxylic acids is 1. The van der Waals surface area contributed by atoms with E-state index in [-0.39, 0.29) is 11.9 Å². The fraction of sp³-hybridized carbons (Fsp3) is 0.500. The Morgan fingerprint density at radius 3 is 3.20 bits per heavy atom. The number of carbonyl (C=O) groups is 1. The van der Waals surface area contributed by atoms with Crippen molar-refractivity contribution in [3.8, 4) is 0 Å². The Morgan fingerprint density at radius 1 is 1.67 bits per heavy atom. The monoisotopic (exact) mass is 273 g/mol. The minimum atomic E-state index is -0.0623. The van der Waals surface area contributed by atoms with E-state index >= 15 is 0 Å². The van der Waals surface area contributed by atoms with E-state index in [9.17, 15) is 4.79 Å². The normalized spacial score (nSPS) is 21.7. The molecule has 0 N–H and O–H groups in total. The first-order chi connectivity index (χ1) is 7.33. The fourth-order valence-corrected chi connectivity index (χ4v) is 2.13. The summed E-state index contributed by atoms with van der Waals surface area (Å²) in [7, 11) is 0. The molecule has 15 heavy (non-hydrogen) atoms. The molecule has 1 aliphatic rings. The van der Waals surface area contributed by atoms with E-state index < -0.39 is 0 Å². The van der Waals surface area contributed by atoms with Crippen LogP contribution in [0.1, 0.15) is 10.6 Å². The Labute approximate surface area is 96.3 Å². The molecular weight excluding hydrogens is 262 g/mol. The number of ether oxygens (including phenoxy) is 1. The molecule has 1 unspecified atom stereocenters. The van der Waals surface area contributed by atoms with Gasteiger partial charge in [-0.1, -0.05) is 15.9 Å². The van der Waals surface area contributed by atoms with Gasteiger partial charge in [-0.15, -0.1) is 0 Å². The lowest BCUT2D eigenvalue weighted by Gasteiger charge is -2.33. The zero-order chi connectivity index (χ0) is 10.7. The summed E-state index contributed by atoms with van der Waals surface area (Å²) in [5.74, 6) is 0.329. The molecule has 82 valence electrons. The third-order valence-corrected chi connectivity index (χ3v) is 3.15. The van der Waals surface area contributed by atoms with E-state index in [0.717, 1.165) is 5.33 Å². The molecule has 1 fully saturated rings. The highest BCUT2D eigenvalue weighted by Gasteiger charge is 2.28. The molecule has 1 aromatic rings. The number of halogens is 1. The molecule has 1 atom stereocenters. The van der Waals surface area contributed by atoms with Gasteiger partial charge in [0.1, 0.15) is 0 Å². The molecule has 1 aliphatic heterocycles. The van der Waals surface area contributed by atoms with Gasteiger partial charge in [0.15, 0.2) is 5.76 Å². The second-order valence-corrected chi connectivity index (χ2v) is 4.01. The van der Waals surface area contributed by atoms with Crippen molar-refractivity contribution in [1.29, 1.82) is 0 Å². The van der Waals surface area contributed by atoms with Crippen LogP contribution in [0.5, 0.6) is 0 Å². The zero-order valence-corrected chi connectivity index (χ0v) is 9.77. The van der Waals surface area contributed by atoms with Crippen LogP contribution in [0.25, 0.3) is 0 Å². The Hall–Kier alpha value is -0.810. The van der Waals surface area contributed by atoms with Crippen LogP contribution < -0.4 is 0 Å². The maximum Gasteiger partial charge on any atom is 0.289 e. The highest BCUT2D eigenvalue weighted by molar-refractivity contribution is 9.09. The van der Waals surface area contributed by atoms with Crippen molar-refractivity contribution in [2.45, 2.75) is 6.04 Å². The van der Waals surface area contributed by atoms with Crippen LogP contribution >= 0.6 is 15.9 Å². The van der Waals surface area contributed by atoms with Crippen molar-refractivity contribution in [2.75, 3.05) is 25.1 Å². The van der Waals surface area contributed by atoms with E-state index in [1.54, 1.807) is 17.0 Å². The smallest absolute Gasteiger partial charge is 0.289 e. The van der Waals surface area contributed by atoms with Crippen LogP contribution in [-0.2, 0) is 4.74 Å². The van der Waals surface area contributed by atoms with Crippen LogP contribution in [0.2, 0.25) is 0 Å². The summed E-state index contributed by atoms with van der Waals surface area (Å²) in [5.41, 5.74) is 0. The summed E-state index contributed by atoms with van der Waals surface area (Å²) in [4.78, 5) is 13.8. The van der Waals surface area contributed by atoms with Crippen molar-refractivity contribution >= 4 is 21.8 Å². The molecule has 0 spiro atoms. The Balaban J connectivity index is 2.11. The van der Waals surface area contributed by atoms with Crippen molar-refractivity contribution in [3.63, 3.8) is 0 Å². The highest BCUT2D eigenvalue weighted by Crippen LogP contribution is 2.14. The lowest BCUT2D eigenvalue weighted by Crippen LogP contribution is -2.49. The van der Waals surface area contributed by atoms with Gasteiger partial charge in [0, 0.05) is 11.9 Å². The second-order valence-electron chi connectivity index (χ2n) is 3.36. The lowest BCUT2D eigenvalue weighted by molar-refractivity contribution is 0.00360. The molecule has 2 heterocycles. The van der Waals surface area contributed by atoms with E-state index in [1.807, 2.05) is 0 Å². The van der Waals surface area contributed by atoms with Gasteiger partial charge in [-0.3, -0.25) is 4.79 Å². The number of nitrogens with zero attached hydrogens (tertiary/aromatic N) is 1. The lowest BCUT2D eigenvalue weighted by atomic mass is 10.2. The van der Waals surface area contributed by atoms with Crippen molar-refractivity contribution in [3.05, 3.63) is 24.2 Å². The summed E-state index contributed by atoms with van der Waals surface area (Å²) in [6.07, 6.45) is 1.51. The molecule has 5 heteroatoms. The van der Waals surface area contributed by atoms with E-state index in [2.05, 4.69) is 15.9 Å². The summed E-state index contributed by atoms with van der Waals surface area (Å²) >= 11 is 3.38. The average molecular weight is 274 g/mol. The first-order valence-corrected chi connectivity index (χ1v) is 5.93. The molecule has 0 bridgehead atoms. The number of hydrogen-bond donors (Lipinski definition) is 0. The predicted octanol–water partition coefficient (Wildman–Crippen LogP) is 1.52. The number of rotatable bonds is 2. The quantitative estimate of drug-likeness (QED) is 0.768. The molecule has 1 amide bonds. The van der Waals surface area contributed by atoms with Crippen molar-refractivity contribution < 1.29 is 13.9 Å². The van der Waals surface area contributed by atoms with Gasteiger partial charge in [0.2, 0.25) is 0 Å². The number of amides is 1. The zero-order valence-electron chi connectivity index (χ0n) is 8.19. The molecule has 0 radical (unpaired) electrons. The third kappa shape index (κ3) is 2.23. The Morgan fingerprint density at radius 2 is 2.53 bits per heavy atom. The minimum absolute atomic E-state index is 0.0623. The summed E-state index contributed by atoms with van der Waals surface area (Å²) in [5, 5.41) is 0.722. The third-order valence-electron chi connectivity index (χ3n) is 2.40. The van der Waals surface area contributed by atoms with Gasteiger partial charge < -0.3 is 14.1 Å². The van der Waals surface area contributed by atoms with Gasteiger partial charge in [0.05, 0.1) is 25.5 Å². The standard InChI is InChI=1S/C10H12BrNO3/c11-6-8-7-14-5-3-12(8)10(13)9-2-1-4-15-9/h1-2,4,8H,3,5-7H2. The van der Waals surface area contributed by atoms with Crippen LogP contribution in [-0.4, -0.2) is 41.9 Å². The molecule has 0 aliphatic carbocycles. The first-order valence-electron chi connectivity index (χ1n) is 4.81. The van der Waals surface area contributed by atoms with Crippen LogP contribution in [0.4, 0.5) is 0 Å². The maximum absolute atomic E-state index is 12.0.